The molecule has 1 aliphatic rings. The fourth-order valence-electron chi connectivity index (χ4n) is 3.22. The van der Waals surface area contributed by atoms with Crippen molar-refractivity contribution in [2.75, 3.05) is 6.54 Å². The van der Waals surface area contributed by atoms with Gasteiger partial charge >= 0.3 is 12.1 Å². The van der Waals surface area contributed by atoms with Crippen LogP contribution in [0.1, 0.15) is 17.5 Å². The first kappa shape index (κ1) is 19.4. The molecule has 0 spiro atoms. The van der Waals surface area contributed by atoms with Gasteiger partial charge in [0.25, 0.3) is 0 Å². The van der Waals surface area contributed by atoms with Crippen LogP contribution in [0, 0.1) is 0 Å². The molecule has 0 aromatic heterocycles. The summed E-state index contributed by atoms with van der Waals surface area (Å²) in [6, 6.07) is 16.6. The van der Waals surface area contributed by atoms with Gasteiger partial charge in [0.05, 0.1) is 0 Å². The number of amides is 2. The summed E-state index contributed by atoms with van der Waals surface area (Å²) in [5.41, 5.74) is 1.67. The Morgan fingerprint density at radius 3 is 2.29 bits per heavy atom. The van der Waals surface area contributed by atoms with Crippen molar-refractivity contribution in [2.45, 2.75) is 31.5 Å². The molecule has 2 aromatic rings. The Labute approximate surface area is 162 Å². The van der Waals surface area contributed by atoms with E-state index in [9.17, 15) is 19.5 Å². The molecule has 2 aromatic carbocycles. The van der Waals surface area contributed by atoms with Gasteiger partial charge in [-0.05, 0) is 17.5 Å². The Hall–Kier alpha value is -3.35. The van der Waals surface area contributed by atoms with Crippen molar-refractivity contribution in [3.8, 4) is 0 Å². The highest BCUT2D eigenvalue weighted by Crippen LogP contribution is 2.18. The van der Waals surface area contributed by atoms with Gasteiger partial charge in [0.15, 0.2) is 0 Å². The van der Waals surface area contributed by atoms with Crippen molar-refractivity contribution in [1.82, 2.24) is 10.2 Å². The molecule has 0 saturated carbocycles. The molecule has 1 fully saturated rings. The maximum Gasteiger partial charge on any atom is 0.408 e. The molecule has 0 unspecified atom stereocenters. The first-order valence-corrected chi connectivity index (χ1v) is 9.09. The zero-order chi connectivity index (χ0) is 19.9. The molecule has 0 bridgehead atoms. The third kappa shape index (κ3) is 4.88. The van der Waals surface area contributed by atoms with E-state index in [0.29, 0.717) is 6.42 Å². The second-order valence-corrected chi connectivity index (χ2v) is 6.62. The number of benzene rings is 2. The van der Waals surface area contributed by atoms with Crippen molar-refractivity contribution < 1.29 is 24.2 Å². The van der Waals surface area contributed by atoms with Crippen molar-refractivity contribution in [3.05, 3.63) is 71.8 Å². The van der Waals surface area contributed by atoms with Crippen LogP contribution in [0.5, 0.6) is 0 Å². The van der Waals surface area contributed by atoms with Gasteiger partial charge in [-0.1, -0.05) is 60.7 Å². The molecular formula is C21H22N2O5. The number of nitrogens with zero attached hydrogens (tertiary/aromatic N) is 1. The minimum Gasteiger partial charge on any atom is -0.480 e. The van der Waals surface area contributed by atoms with Gasteiger partial charge in [0, 0.05) is 13.0 Å². The predicted molar refractivity (Wildman–Crippen MR) is 101 cm³/mol. The fourth-order valence-corrected chi connectivity index (χ4v) is 3.22. The van der Waals surface area contributed by atoms with E-state index in [0.717, 1.165) is 11.1 Å². The number of carboxylic acids is 1. The number of nitrogens with one attached hydrogen (secondary N) is 1. The van der Waals surface area contributed by atoms with Crippen LogP contribution < -0.4 is 5.32 Å². The zero-order valence-electron chi connectivity index (χ0n) is 15.3. The highest BCUT2D eigenvalue weighted by molar-refractivity contribution is 5.91. The molecule has 146 valence electrons. The van der Waals surface area contributed by atoms with Gasteiger partial charge in [-0.3, -0.25) is 4.79 Å². The number of alkyl carbamates (subject to hydrolysis) is 1. The highest BCUT2D eigenvalue weighted by Gasteiger charge is 2.39. The van der Waals surface area contributed by atoms with E-state index in [1.807, 2.05) is 60.7 Å². The molecule has 3 rings (SSSR count). The SMILES string of the molecule is O=C(N[C@H]1CCN([C@@H](Cc2ccccc2)C(=O)O)C1=O)OCc1ccccc1. The number of carbonyl (C=O) groups is 3. The molecule has 1 aliphatic heterocycles. The summed E-state index contributed by atoms with van der Waals surface area (Å²) in [5, 5.41) is 12.1. The molecule has 1 saturated heterocycles. The van der Waals surface area contributed by atoms with Gasteiger partial charge in [-0.15, -0.1) is 0 Å². The van der Waals surface area contributed by atoms with Crippen molar-refractivity contribution in [2.24, 2.45) is 0 Å². The standard InChI is InChI=1S/C21H22N2O5/c24-19-17(22-21(27)28-14-16-9-5-2-6-10-16)11-12-23(19)18(20(25)26)13-15-7-3-1-4-8-15/h1-10,17-18H,11-14H2,(H,22,27)(H,25,26)/t17-,18-/m0/s1. The minimum absolute atomic E-state index is 0.100. The first-order valence-electron chi connectivity index (χ1n) is 9.09. The molecule has 28 heavy (non-hydrogen) atoms. The van der Waals surface area contributed by atoms with Crippen LogP contribution >= 0.6 is 0 Å². The molecule has 2 atom stereocenters. The third-order valence-corrected chi connectivity index (χ3v) is 4.68. The average Bonchev–Trinajstić information content (AvgIpc) is 3.06. The highest BCUT2D eigenvalue weighted by atomic mass is 16.5. The molecule has 7 nitrogen and oxygen atoms in total. The van der Waals surface area contributed by atoms with E-state index in [-0.39, 0.29) is 19.6 Å². The lowest BCUT2D eigenvalue weighted by Gasteiger charge is -2.25. The van der Waals surface area contributed by atoms with Crippen molar-refractivity contribution in [1.29, 1.82) is 0 Å². The number of rotatable bonds is 7. The van der Waals surface area contributed by atoms with Gasteiger partial charge < -0.3 is 20.1 Å². The first-order chi connectivity index (χ1) is 13.5. The number of aliphatic carboxylic acids is 1. The van der Waals surface area contributed by atoms with Crippen molar-refractivity contribution >= 4 is 18.0 Å². The number of carboxylic acid groups (broad SMARTS) is 1. The molecular weight excluding hydrogens is 360 g/mol. The molecule has 2 amide bonds. The largest absolute Gasteiger partial charge is 0.480 e. The van der Waals surface area contributed by atoms with Crippen LogP contribution in [0.2, 0.25) is 0 Å². The lowest BCUT2D eigenvalue weighted by Crippen LogP contribution is -2.48. The Morgan fingerprint density at radius 1 is 1.07 bits per heavy atom. The summed E-state index contributed by atoms with van der Waals surface area (Å²) in [7, 11) is 0. The van der Waals surface area contributed by atoms with Crippen LogP contribution in [0.15, 0.2) is 60.7 Å². The molecule has 0 aliphatic carbocycles. The van der Waals surface area contributed by atoms with Gasteiger partial charge in [-0.2, -0.15) is 0 Å². The number of hydrogen-bond donors (Lipinski definition) is 2. The Bertz CT molecular complexity index is 825. The van der Waals surface area contributed by atoms with E-state index in [1.165, 1.54) is 4.90 Å². The van der Waals surface area contributed by atoms with E-state index in [2.05, 4.69) is 5.32 Å². The summed E-state index contributed by atoms with van der Waals surface area (Å²) in [6.07, 6.45) is -0.135. The predicted octanol–water partition coefficient (Wildman–Crippen LogP) is 2.21. The summed E-state index contributed by atoms with van der Waals surface area (Å²) < 4.78 is 5.14. The quantitative estimate of drug-likeness (QED) is 0.765. The van der Waals surface area contributed by atoms with Crippen LogP contribution in [0.25, 0.3) is 0 Å². The van der Waals surface area contributed by atoms with Gasteiger partial charge in [-0.25, -0.2) is 9.59 Å². The smallest absolute Gasteiger partial charge is 0.408 e. The van der Waals surface area contributed by atoms with Crippen LogP contribution in [0.4, 0.5) is 4.79 Å². The van der Waals surface area contributed by atoms with Crippen LogP contribution in [0.3, 0.4) is 0 Å². The average molecular weight is 382 g/mol. The number of hydrogen-bond acceptors (Lipinski definition) is 4. The Morgan fingerprint density at radius 2 is 1.68 bits per heavy atom. The maximum atomic E-state index is 12.6. The number of likely N-dealkylation sites (tertiary alicyclic amines) is 1. The van der Waals surface area contributed by atoms with E-state index >= 15 is 0 Å². The molecule has 0 radical (unpaired) electrons. The Balaban J connectivity index is 1.56. The van der Waals surface area contributed by atoms with E-state index in [4.69, 9.17) is 4.74 Å². The molecule has 7 heteroatoms. The normalized spacial score (nSPS) is 17.2. The summed E-state index contributed by atoms with van der Waals surface area (Å²) in [5.74, 6) is -1.47. The van der Waals surface area contributed by atoms with Crippen molar-refractivity contribution in [3.63, 3.8) is 0 Å². The second-order valence-electron chi connectivity index (χ2n) is 6.62. The van der Waals surface area contributed by atoms with Crippen LogP contribution in [-0.4, -0.2) is 46.6 Å². The number of carbonyl (C=O) groups excluding carboxylic acids is 2. The third-order valence-electron chi connectivity index (χ3n) is 4.68. The van der Waals surface area contributed by atoms with Gasteiger partial charge in [0.2, 0.25) is 5.91 Å². The summed E-state index contributed by atoms with van der Waals surface area (Å²) in [4.78, 5) is 37.7. The lowest BCUT2D eigenvalue weighted by molar-refractivity contribution is -0.148. The van der Waals surface area contributed by atoms with Gasteiger partial charge in [0.1, 0.15) is 18.7 Å². The Kier molecular flexibility index (Phi) is 6.26. The lowest BCUT2D eigenvalue weighted by atomic mass is 10.1. The monoisotopic (exact) mass is 382 g/mol. The fraction of sp³-hybridized carbons (Fsp3) is 0.286. The summed E-state index contributed by atoms with van der Waals surface area (Å²) in [6.45, 7) is 0.370. The topological polar surface area (TPSA) is 95.9 Å². The van der Waals surface area contributed by atoms with E-state index in [1.54, 1.807) is 0 Å². The van der Waals surface area contributed by atoms with Crippen LogP contribution in [-0.2, 0) is 27.4 Å². The maximum absolute atomic E-state index is 12.6. The van der Waals surface area contributed by atoms with E-state index < -0.39 is 30.1 Å². The number of ether oxygens (including phenoxy) is 1. The zero-order valence-corrected chi connectivity index (χ0v) is 15.3. The molecule has 2 N–H and O–H groups in total. The second kappa shape index (κ2) is 9.03. The summed E-state index contributed by atoms with van der Waals surface area (Å²) >= 11 is 0. The minimum atomic E-state index is -1.07. The molecule has 1 heterocycles.